The average molecular weight is 376 g/mol. The van der Waals surface area contributed by atoms with E-state index in [-0.39, 0.29) is 5.91 Å². The molecule has 4 rings (SSSR count). The van der Waals surface area contributed by atoms with E-state index >= 15 is 0 Å². The maximum Gasteiger partial charge on any atom is 0.265 e. The minimum Gasteiger partial charge on any atom is -0.335 e. The molecule has 0 atom stereocenters. The summed E-state index contributed by atoms with van der Waals surface area (Å²) in [6.45, 7) is 2.37. The van der Waals surface area contributed by atoms with Crippen molar-refractivity contribution >= 4 is 28.0 Å². The van der Waals surface area contributed by atoms with E-state index in [1.165, 1.54) is 16.7 Å². The van der Waals surface area contributed by atoms with Gasteiger partial charge >= 0.3 is 0 Å². The quantitative estimate of drug-likeness (QED) is 0.534. The Bertz CT molecular complexity index is 1120. The molecule has 0 spiro atoms. The summed E-state index contributed by atoms with van der Waals surface area (Å²) in [4.78, 5) is 20.0. The zero-order valence-corrected chi connectivity index (χ0v) is 16.3. The van der Waals surface area contributed by atoms with E-state index in [2.05, 4.69) is 29.4 Å². The van der Waals surface area contributed by atoms with Crippen LogP contribution in [0.2, 0.25) is 0 Å². The third kappa shape index (κ3) is 3.36. The second kappa shape index (κ2) is 6.96. The fourth-order valence-electron chi connectivity index (χ4n) is 3.16. The molecule has 0 aliphatic rings. The van der Waals surface area contributed by atoms with Gasteiger partial charge in [-0.3, -0.25) is 9.48 Å². The number of fused-ring (bicyclic) bond motifs is 1. The number of thiazole rings is 1. The lowest BCUT2D eigenvalue weighted by Crippen LogP contribution is -2.26. The molecule has 0 radical (unpaired) electrons. The summed E-state index contributed by atoms with van der Waals surface area (Å²) in [6.07, 6.45) is 1.88. The molecule has 0 bridgehead atoms. The molecule has 0 aliphatic heterocycles. The molecule has 4 aromatic rings. The summed E-state index contributed by atoms with van der Waals surface area (Å²) >= 11 is 1.45. The van der Waals surface area contributed by atoms with Crippen LogP contribution in [-0.4, -0.2) is 32.6 Å². The smallest absolute Gasteiger partial charge is 0.265 e. The van der Waals surface area contributed by atoms with Gasteiger partial charge in [0.25, 0.3) is 5.91 Å². The minimum atomic E-state index is -0.0258. The van der Waals surface area contributed by atoms with Crippen LogP contribution in [-0.2, 0) is 13.6 Å². The molecule has 2 aromatic carbocycles. The Kier molecular flexibility index (Phi) is 4.49. The Morgan fingerprint density at radius 2 is 1.93 bits per heavy atom. The van der Waals surface area contributed by atoms with Crippen LogP contribution in [0.1, 0.15) is 21.1 Å². The average Bonchev–Trinajstić information content (AvgIpc) is 3.26. The molecular formula is C21H20N4OS. The highest BCUT2D eigenvalue weighted by molar-refractivity contribution is 7.17. The number of hydrogen-bond acceptors (Lipinski definition) is 4. The molecular weight excluding hydrogens is 356 g/mol. The number of nitrogens with zero attached hydrogens (tertiary/aromatic N) is 4. The molecule has 0 N–H and O–H groups in total. The van der Waals surface area contributed by atoms with E-state index in [9.17, 15) is 4.79 Å². The second-order valence-corrected chi connectivity index (χ2v) is 7.60. The molecule has 6 heteroatoms. The van der Waals surface area contributed by atoms with Gasteiger partial charge in [-0.25, -0.2) is 4.98 Å². The van der Waals surface area contributed by atoms with Crippen molar-refractivity contribution < 1.29 is 4.79 Å². The van der Waals surface area contributed by atoms with Crippen LogP contribution >= 0.6 is 11.3 Å². The van der Waals surface area contributed by atoms with Crippen LogP contribution in [0, 0.1) is 6.92 Å². The molecule has 2 aromatic heterocycles. The van der Waals surface area contributed by atoms with Gasteiger partial charge in [-0.2, -0.15) is 5.10 Å². The first-order chi connectivity index (χ1) is 13.0. The van der Waals surface area contributed by atoms with Gasteiger partial charge in [0.2, 0.25) is 0 Å². The van der Waals surface area contributed by atoms with E-state index in [1.54, 1.807) is 16.6 Å². The van der Waals surface area contributed by atoms with Crippen molar-refractivity contribution in [1.29, 1.82) is 0 Å². The van der Waals surface area contributed by atoms with Crippen LogP contribution in [0.25, 0.3) is 21.3 Å². The zero-order valence-electron chi connectivity index (χ0n) is 15.5. The fraction of sp³-hybridized carbons (Fsp3) is 0.190. The molecule has 0 saturated heterocycles. The topological polar surface area (TPSA) is 51.0 Å². The minimum absolute atomic E-state index is 0.0258. The standard InChI is InChI=1S/C21H20N4OS/c1-14-19(21(26)24(2)13-16-11-12-25(3)23-16)27-20(22-14)18-10-6-8-15-7-4-5-9-17(15)18/h4-12H,13H2,1-3H3. The number of aryl methyl sites for hydroxylation is 2. The van der Waals surface area contributed by atoms with E-state index in [0.717, 1.165) is 27.3 Å². The first-order valence-electron chi connectivity index (χ1n) is 8.72. The largest absolute Gasteiger partial charge is 0.335 e. The number of hydrogen-bond donors (Lipinski definition) is 0. The van der Waals surface area contributed by atoms with Gasteiger partial charge in [-0.15, -0.1) is 11.3 Å². The summed E-state index contributed by atoms with van der Waals surface area (Å²) < 4.78 is 1.74. The third-order valence-electron chi connectivity index (χ3n) is 4.53. The van der Waals surface area contributed by atoms with Gasteiger partial charge < -0.3 is 4.90 Å². The van der Waals surface area contributed by atoms with Crippen LogP contribution in [0.3, 0.4) is 0 Å². The van der Waals surface area contributed by atoms with Crippen molar-refractivity contribution in [1.82, 2.24) is 19.7 Å². The SMILES string of the molecule is Cc1nc(-c2cccc3ccccc23)sc1C(=O)N(C)Cc1ccn(C)n1. The summed E-state index contributed by atoms with van der Waals surface area (Å²) in [6, 6.07) is 16.3. The molecule has 136 valence electrons. The highest BCUT2D eigenvalue weighted by atomic mass is 32.1. The van der Waals surface area contributed by atoms with Gasteiger partial charge in [0.05, 0.1) is 17.9 Å². The van der Waals surface area contributed by atoms with Gasteiger partial charge in [0.15, 0.2) is 0 Å². The Labute approximate surface area is 161 Å². The number of amides is 1. The second-order valence-electron chi connectivity index (χ2n) is 6.60. The number of carbonyl (C=O) groups excluding carboxylic acids is 1. The maximum absolute atomic E-state index is 12.9. The third-order valence-corrected chi connectivity index (χ3v) is 5.70. The number of carbonyl (C=O) groups is 1. The number of rotatable bonds is 4. The van der Waals surface area contributed by atoms with Gasteiger partial charge in [0.1, 0.15) is 9.88 Å². The highest BCUT2D eigenvalue weighted by Crippen LogP contribution is 2.33. The lowest BCUT2D eigenvalue weighted by atomic mass is 10.1. The van der Waals surface area contributed by atoms with Crippen LogP contribution in [0.15, 0.2) is 54.7 Å². The predicted octanol–water partition coefficient (Wildman–Crippen LogP) is 4.28. The normalized spacial score (nSPS) is 11.1. The predicted molar refractivity (Wildman–Crippen MR) is 109 cm³/mol. The van der Waals surface area contributed by atoms with Crippen LogP contribution in [0.4, 0.5) is 0 Å². The first-order valence-corrected chi connectivity index (χ1v) is 9.54. The fourth-order valence-corrected chi connectivity index (χ4v) is 4.26. The van der Waals surface area contributed by atoms with E-state index in [1.807, 2.05) is 44.4 Å². The summed E-state index contributed by atoms with van der Waals surface area (Å²) in [7, 11) is 3.67. The molecule has 5 nitrogen and oxygen atoms in total. The Morgan fingerprint density at radius 1 is 1.15 bits per heavy atom. The van der Waals surface area contributed by atoms with E-state index < -0.39 is 0 Å². The summed E-state index contributed by atoms with van der Waals surface area (Å²) in [5.74, 6) is -0.0258. The van der Waals surface area contributed by atoms with Crippen molar-refractivity contribution in [3.8, 4) is 10.6 Å². The van der Waals surface area contributed by atoms with Crippen molar-refractivity contribution in [3.05, 3.63) is 71.0 Å². The van der Waals surface area contributed by atoms with Crippen molar-refractivity contribution in [2.24, 2.45) is 7.05 Å². The summed E-state index contributed by atoms with van der Waals surface area (Å²) in [5.41, 5.74) is 2.69. The zero-order chi connectivity index (χ0) is 19.0. The maximum atomic E-state index is 12.9. The molecule has 2 heterocycles. The molecule has 0 saturated carbocycles. The Balaban J connectivity index is 1.65. The molecule has 0 fully saturated rings. The van der Waals surface area contributed by atoms with Gasteiger partial charge in [-0.05, 0) is 23.8 Å². The van der Waals surface area contributed by atoms with Gasteiger partial charge in [0, 0.05) is 25.9 Å². The lowest BCUT2D eigenvalue weighted by molar-refractivity contribution is 0.0787. The molecule has 0 unspecified atom stereocenters. The summed E-state index contributed by atoms with van der Waals surface area (Å²) in [5, 5.41) is 7.54. The van der Waals surface area contributed by atoms with Crippen LogP contribution < -0.4 is 0 Å². The van der Waals surface area contributed by atoms with Crippen molar-refractivity contribution in [3.63, 3.8) is 0 Å². The Morgan fingerprint density at radius 3 is 2.70 bits per heavy atom. The first kappa shape index (κ1) is 17.4. The van der Waals surface area contributed by atoms with Crippen molar-refractivity contribution in [2.75, 3.05) is 7.05 Å². The molecule has 27 heavy (non-hydrogen) atoms. The van der Waals surface area contributed by atoms with E-state index in [0.29, 0.717) is 11.4 Å². The molecule has 0 aliphatic carbocycles. The number of aromatic nitrogens is 3. The van der Waals surface area contributed by atoms with Crippen molar-refractivity contribution in [2.45, 2.75) is 13.5 Å². The molecule has 1 amide bonds. The monoisotopic (exact) mass is 376 g/mol. The highest BCUT2D eigenvalue weighted by Gasteiger charge is 2.21. The van der Waals surface area contributed by atoms with Crippen LogP contribution in [0.5, 0.6) is 0 Å². The van der Waals surface area contributed by atoms with E-state index in [4.69, 9.17) is 4.98 Å². The Hall–Kier alpha value is -2.99. The number of benzene rings is 2. The lowest BCUT2D eigenvalue weighted by Gasteiger charge is -2.14. The van der Waals surface area contributed by atoms with Gasteiger partial charge in [-0.1, -0.05) is 42.5 Å².